The number of ether oxygens (including phenoxy) is 1. The number of amides is 2. The lowest BCUT2D eigenvalue weighted by molar-refractivity contribution is -0.121. The minimum absolute atomic E-state index is 0.0139. The number of benzene rings is 3. The third-order valence-electron chi connectivity index (χ3n) is 8.17. The fraction of sp³-hybridized carbons (Fsp3) is 0.444. The van der Waals surface area contributed by atoms with Crippen LogP contribution in [0.4, 0.5) is 4.79 Å². The molecular weight excluding hydrogens is 552 g/mol. The number of hydrogen-bond acceptors (Lipinski definition) is 4. The smallest absolute Gasteiger partial charge is 0.410 e. The van der Waals surface area contributed by atoms with E-state index in [0.717, 1.165) is 18.4 Å². The van der Waals surface area contributed by atoms with Gasteiger partial charge in [0.05, 0.1) is 12.6 Å². The van der Waals surface area contributed by atoms with Crippen molar-refractivity contribution < 1.29 is 18.8 Å². The molecule has 0 saturated carbocycles. The largest absolute Gasteiger partial charge is 0.444 e. The molecule has 0 aliphatic carbocycles. The Morgan fingerprint density at radius 1 is 0.791 bits per heavy atom. The number of nitrogens with zero attached hydrogens (tertiary/aromatic N) is 1. The van der Waals surface area contributed by atoms with Crippen molar-refractivity contribution in [3.05, 3.63) is 96.6 Å². The molecule has 0 radical (unpaired) electrons. The second-order valence-electron chi connectivity index (χ2n) is 13.5. The van der Waals surface area contributed by atoms with E-state index in [2.05, 4.69) is 74.6 Å². The zero-order valence-corrected chi connectivity index (χ0v) is 27.6. The first-order valence-corrected chi connectivity index (χ1v) is 17.4. The molecule has 1 saturated heterocycles. The number of nitrogens with one attached hydrogen (secondary N) is 1. The van der Waals surface area contributed by atoms with Crippen molar-refractivity contribution in [3.8, 4) is 0 Å². The quantitative estimate of drug-likeness (QED) is 0.273. The van der Waals surface area contributed by atoms with E-state index in [1.54, 1.807) is 0 Å². The van der Waals surface area contributed by atoms with Crippen molar-refractivity contribution in [2.45, 2.75) is 96.5 Å². The summed E-state index contributed by atoms with van der Waals surface area (Å²) in [6, 6.07) is 30.8. The van der Waals surface area contributed by atoms with Gasteiger partial charge < -0.3 is 14.5 Å². The SMILES string of the molecule is CC(C)(C)OC(=O)N1[C@H](CCC(=O)NCc2ccccc2)CC[C@H]1CO[Si](c1ccccc1)(c1ccccc1)C(C)(C)C. The van der Waals surface area contributed by atoms with Crippen molar-refractivity contribution >= 4 is 30.7 Å². The number of rotatable bonds is 10. The topological polar surface area (TPSA) is 67.9 Å². The van der Waals surface area contributed by atoms with Gasteiger partial charge in [-0.25, -0.2) is 4.79 Å². The lowest BCUT2D eigenvalue weighted by Crippen LogP contribution is -2.67. The van der Waals surface area contributed by atoms with E-state index in [1.807, 2.05) is 68.1 Å². The molecule has 6 nitrogen and oxygen atoms in total. The zero-order chi connectivity index (χ0) is 31.1. The van der Waals surface area contributed by atoms with E-state index in [0.29, 0.717) is 26.0 Å². The second kappa shape index (κ2) is 13.9. The van der Waals surface area contributed by atoms with Gasteiger partial charge in [-0.1, -0.05) is 112 Å². The van der Waals surface area contributed by atoms with Gasteiger partial charge >= 0.3 is 6.09 Å². The van der Waals surface area contributed by atoms with Gasteiger partial charge in [-0.15, -0.1) is 0 Å². The molecular formula is C36H48N2O4Si. The molecule has 0 spiro atoms. The zero-order valence-electron chi connectivity index (χ0n) is 26.6. The van der Waals surface area contributed by atoms with Gasteiger partial charge in [-0.3, -0.25) is 9.69 Å². The van der Waals surface area contributed by atoms with Crippen LogP contribution in [0.2, 0.25) is 5.04 Å². The summed E-state index contributed by atoms with van der Waals surface area (Å²) in [5, 5.41) is 5.28. The summed E-state index contributed by atoms with van der Waals surface area (Å²) in [6.07, 6.45) is 2.19. The summed E-state index contributed by atoms with van der Waals surface area (Å²) in [5.74, 6) is -0.0139. The first-order chi connectivity index (χ1) is 20.4. The maximum absolute atomic E-state index is 13.7. The Morgan fingerprint density at radius 3 is 1.81 bits per heavy atom. The van der Waals surface area contributed by atoms with Crippen LogP contribution in [0.15, 0.2) is 91.0 Å². The summed E-state index contributed by atoms with van der Waals surface area (Å²) in [4.78, 5) is 28.3. The van der Waals surface area contributed by atoms with Crippen molar-refractivity contribution in [3.63, 3.8) is 0 Å². The van der Waals surface area contributed by atoms with Crippen LogP contribution >= 0.6 is 0 Å². The van der Waals surface area contributed by atoms with E-state index in [1.165, 1.54) is 10.4 Å². The van der Waals surface area contributed by atoms with Crippen LogP contribution in [0.5, 0.6) is 0 Å². The first-order valence-electron chi connectivity index (χ1n) is 15.5. The van der Waals surface area contributed by atoms with Gasteiger partial charge in [0, 0.05) is 19.0 Å². The fourth-order valence-corrected chi connectivity index (χ4v) is 10.8. The highest BCUT2D eigenvalue weighted by molar-refractivity contribution is 6.99. The van der Waals surface area contributed by atoms with E-state index in [-0.39, 0.29) is 29.1 Å². The van der Waals surface area contributed by atoms with Crippen molar-refractivity contribution in [1.29, 1.82) is 0 Å². The van der Waals surface area contributed by atoms with Gasteiger partial charge in [-0.05, 0) is 61.0 Å². The number of carbonyl (C=O) groups excluding carboxylic acids is 2. The Balaban J connectivity index is 1.55. The average Bonchev–Trinajstić information content (AvgIpc) is 3.38. The van der Waals surface area contributed by atoms with Gasteiger partial charge in [-0.2, -0.15) is 0 Å². The third kappa shape index (κ3) is 8.15. The number of hydrogen-bond donors (Lipinski definition) is 1. The van der Waals surface area contributed by atoms with Crippen molar-refractivity contribution in [2.75, 3.05) is 6.61 Å². The summed E-state index contributed by atoms with van der Waals surface area (Å²) in [5.41, 5.74) is 0.438. The predicted octanol–water partition coefficient (Wildman–Crippen LogP) is 6.43. The molecule has 1 heterocycles. The Hall–Kier alpha value is -3.42. The summed E-state index contributed by atoms with van der Waals surface area (Å²) in [6.45, 7) is 13.4. The lowest BCUT2D eigenvalue weighted by atomic mass is 10.1. The van der Waals surface area contributed by atoms with Crippen LogP contribution in [0.3, 0.4) is 0 Å². The Bertz CT molecular complexity index is 1280. The Morgan fingerprint density at radius 2 is 1.30 bits per heavy atom. The molecule has 7 heteroatoms. The van der Waals surface area contributed by atoms with Crippen LogP contribution in [-0.2, 0) is 20.5 Å². The summed E-state index contributed by atoms with van der Waals surface area (Å²) in [7, 11) is -2.77. The highest BCUT2D eigenvalue weighted by atomic mass is 28.4. The molecule has 1 fully saturated rings. The lowest BCUT2D eigenvalue weighted by Gasteiger charge is -2.44. The van der Waals surface area contributed by atoms with E-state index < -0.39 is 13.9 Å². The molecule has 0 bridgehead atoms. The molecule has 2 atom stereocenters. The Labute approximate surface area is 258 Å². The molecule has 1 aliphatic rings. The van der Waals surface area contributed by atoms with Gasteiger partial charge in [0.25, 0.3) is 8.32 Å². The molecule has 3 aromatic carbocycles. The van der Waals surface area contributed by atoms with Gasteiger partial charge in [0.2, 0.25) is 5.91 Å². The van der Waals surface area contributed by atoms with Crippen LogP contribution in [0, 0.1) is 0 Å². The normalized spacial score (nSPS) is 17.5. The average molecular weight is 601 g/mol. The van der Waals surface area contributed by atoms with Crippen LogP contribution < -0.4 is 15.7 Å². The molecule has 2 amide bonds. The monoisotopic (exact) mass is 600 g/mol. The molecule has 230 valence electrons. The third-order valence-corrected chi connectivity index (χ3v) is 13.2. The standard InChI is InChI=1S/C36H48N2O4Si/c1-35(2,3)42-34(40)38-29(24-25-33(39)37-26-28-16-10-7-11-17-28)22-23-30(38)27-41-43(36(4,5)6,31-18-12-8-13-19-31)32-20-14-9-15-21-32/h7-21,29-30H,22-27H2,1-6H3,(H,37,39)/t29-,30-/m0/s1. The van der Waals surface area contributed by atoms with E-state index >= 15 is 0 Å². The second-order valence-corrected chi connectivity index (χ2v) is 17.9. The molecule has 43 heavy (non-hydrogen) atoms. The fourth-order valence-electron chi connectivity index (χ4n) is 6.19. The highest BCUT2D eigenvalue weighted by Crippen LogP contribution is 2.38. The van der Waals surface area contributed by atoms with E-state index in [9.17, 15) is 9.59 Å². The maximum Gasteiger partial charge on any atom is 0.410 e. The Kier molecular flexibility index (Phi) is 10.5. The molecule has 1 aliphatic heterocycles. The van der Waals surface area contributed by atoms with Crippen molar-refractivity contribution in [2.24, 2.45) is 0 Å². The van der Waals surface area contributed by atoms with Gasteiger partial charge in [0.1, 0.15) is 5.60 Å². The highest BCUT2D eigenvalue weighted by Gasteiger charge is 2.51. The minimum Gasteiger partial charge on any atom is -0.444 e. The van der Waals surface area contributed by atoms with Crippen LogP contribution in [0.1, 0.15) is 72.8 Å². The minimum atomic E-state index is -2.77. The molecule has 0 unspecified atom stereocenters. The van der Waals surface area contributed by atoms with E-state index in [4.69, 9.17) is 9.16 Å². The molecule has 3 aromatic rings. The molecule has 0 aromatic heterocycles. The maximum atomic E-state index is 13.7. The summed E-state index contributed by atoms with van der Waals surface area (Å²) >= 11 is 0. The van der Waals surface area contributed by atoms with Crippen molar-refractivity contribution in [1.82, 2.24) is 10.2 Å². The molecule has 1 N–H and O–H groups in total. The number of likely N-dealkylation sites (tertiary alicyclic amines) is 1. The number of carbonyl (C=O) groups is 2. The molecule has 4 rings (SSSR count). The van der Waals surface area contributed by atoms with Crippen LogP contribution in [-0.4, -0.2) is 49.5 Å². The predicted molar refractivity (Wildman–Crippen MR) is 176 cm³/mol. The van der Waals surface area contributed by atoms with Gasteiger partial charge in [0.15, 0.2) is 0 Å². The summed E-state index contributed by atoms with van der Waals surface area (Å²) < 4.78 is 13.1. The van der Waals surface area contributed by atoms with Crippen LogP contribution in [0.25, 0.3) is 0 Å². The first kappa shape index (κ1) is 32.5.